The van der Waals surface area contributed by atoms with Gasteiger partial charge in [0.15, 0.2) is 5.78 Å². The number of ketones is 1. The molecule has 0 radical (unpaired) electrons. The molecule has 3 aromatic rings. The number of ether oxygens (including phenoxy) is 1. The highest BCUT2D eigenvalue weighted by atomic mass is 35.5. The molecular formula is C29H38Cl3N7O4. The smallest absolute Gasteiger partial charge is 0.333 e. The summed E-state index contributed by atoms with van der Waals surface area (Å²) in [5, 5.41) is 21.8. The van der Waals surface area contributed by atoms with Crippen molar-refractivity contribution in [2.45, 2.75) is 18.9 Å². The van der Waals surface area contributed by atoms with E-state index in [9.17, 15) is 14.7 Å². The Labute approximate surface area is 269 Å². The third-order valence-corrected chi connectivity index (χ3v) is 8.05. The van der Waals surface area contributed by atoms with Gasteiger partial charge in [-0.1, -0.05) is 12.1 Å². The van der Waals surface area contributed by atoms with Gasteiger partial charge < -0.3 is 20.1 Å². The van der Waals surface area contributed by atoms with E-state index >= 15 is 0 Å². The number of aliphatic hydroxyl groups excluding tert-OH is 1. The predicted molar refractivity (Wildman–Crippen MR) is 173 cm³/mol. The molecule has 2 saturated heterocycles. The maximum atomic E-state index is 13.7. The minimum absolute atomic E-state index is 0. The minimum Gasteiger partial charge on any atom is -0.492 e. The molecule has 6 rings (SSSR count). The fourth-order valence-corrected chi connectivity index (χ4v) is 5.80. The van der Waals surface area contributed by atoms with Crippen LogP contribution in [0.4, 0.5) is 10.5 Å². The number of likely N-dealkylation sites (tertiary alicyclic amines) is 1. The van der Waals surface area contributed by atoms with Crippen molar-refractivity contribution < 1.29 is 19.4 Å². The van der Waals surface area contributed by atoms with Crippen molar-refractivity contribution >= 4 is 54.7 Å². The average Bonchev–Trinajstić information content (AvgIpc) is 3.67. The Morgan fingerprint density at radius 3 is 2.51 bits per heavy atom. The Morgan fingerprint density at radius 1 is 1.05 bits per heavy atom. The molecule has 43 heavy (non-hydrogen) atoms. The van der Waals surface area contributed by atoms with Crippen LogP contribution in [0, 0.1) is 0 Å². The Kier molecular flexibility index (Phi) is 12.2. The monoisotopic (exact) mass is 653 g/mol. The quantitative estimate of drug-likeness (QED) is 0.227. The third kappa shape index (κ3) is 7.26. The zero-order chi connectivity index (χ0) is 27.6. The van der Waals surface area contributed by atoms with Gasteiger partial charge in [0, 0.05) is 49.9 Å². The lowest BCUT2D eigenvalue weighted by molar-refractivity contribution is 0.104. The summed E-state index contributed by atoms with van der Waals surface area (Å²) in [6.07, 6.45) is 2.14. The van der Waals surface area contributed by atoms with Gasteiger partial charge >= 0.3 is 6.03 Å². The van der Waals surface area contributed by atoms with Crippen LogP contribution >= 0.6 is 37.2 Å². The molecule has 3 heterocycles. The topological polar surface area (TPSA) is 126 Å². The number of piperazine rings is 1. The van der Waals surface area contributed by atoms with Gasteiger partial charge in [0.1, 0.15) is 18.1 Å². The molecule has 11 nitrogen and oxygen atoms in total. The number of carbonyl (C=O) groups is 2. The van der Waals surface area contributed by atoms with E-state index in [2.05, 4.69) is 37.8 Å². The Balaban J connectivity index is 0.00000169. The zero-order valence-electron chi connectivity index (χ0n) is 23.9. The molecule has 2 aliphatic heterocycles. The van der Waals surface area contributed by atoms with Crippen molar-refractivity contribution in [3.63, 3.8) is 0 Å². The van der Waals surface area contributed by atoms with E-state index in [0.29, 0.717) is 34.8 Å². The molecule has 1 aliphatic carbocycles. The lowest BCUT2D eigenvalue weighted by Crippen LogP contribution is -2.53. The molecule has 14 heteroatoms. The fourth-order valence-electron chi connectivity index (χ4n) is 5.80. The van der Waals surface area contributed by atoms with Gasteiger partial charge in [-0.2, -0.15) is 5.10 Å². The lowest BCUT2D eigenvalue weighted by atomic mass is 10.0. The molecular weight excluding hydrogens is 617 g/mol. The number of likely N-dealkylation sites (N-methyl/N-ethyl adjacent to an activating group) is 1. The second-order valence-electron chi connectivity index (χ2n) is 10.6. The van der Waals surface area contributed by atoms with Crippen molar-refractivity contribution in [2.24, 2.45) is 0 Å². The molecule has 2 amide bonds. The molecule has 3 aliphatic rings. The first-order valence-electron chi connectivity index (χ1n) is 13.9. The van der Waals surface area contributed by atoms with E-state index < -0.39 is 0 Å². The lowest BCUT2D eigenvalue weighted by Gasteiger charge is -2.32. The van der Waals surface area contributed by atoms with Gasteiger partial charge in [-0.25, -0.2) is 9.80 Å². The first-order chi connectivity index (χ1) is 19.5. The number of benzene rings is 2. The Hall–Kier alpha value is -2.90. The maximum absolute atomic E-state index is 13.7. The Bertz CT molecular complexity index is 1400. The van der Waals surface area contributed by atoms with Crippen LogP contribution in [-0.4, -0.2) is 107 Å². The number of rotatable bonds is 8. The number of carbonyl (C=O) groups excluding carboxylic acids is 2. The van der Waals surface area contributed by atoms with Crippen molar-refractivity contribution in [2.75, 3.05) is 64.8 Å². The number of aromatic nitrogens is 2. The number of urea groups is 1. The number of amides is 2. The molecule has 1 unspecified atom stereocenters. The molecule has 0 bridgehead atoms. The van der Waals surface area contributed by atoms with Gasteiger partial charge in [0.05, 0.1) is 29.1 Å². The van der Waals surface area contributed by atoms with Gasteiger partial charge in [0.25, 0.3) is 0 Å². The molecule has 2 fully saturated rings. The number of hydrazine groups is 1. The van der Waals surface area contributed by atoms with Crippen LogP contribution in [0.1, 0.15) is 28.8 Å². The molecule has 1 atom stereocenters. The summed E-state index contributed by atoms with van der Waals surface area (Å²) in [6.45, 7) is 5.72. The van der Waals surface area contributed by atoms with Gasteiger partial charge in [-0.3, -0.25) is 20.2 Å². The van der Waals surface area contributed by atoms with E-state index in [1.165, 1.54) is 0 Å². The molecule has 2 aromatic carbocycles. The van der Waals surface area contributed by atoms with Gasteiger partial charge in [-0.15, -0.1) is 37.2 Å². The first kappa shape index (κ1) is 34.6. The second-order valence-corrected chi connectivity index (χ2v) is 10.6. The highest BCUT2D eigenvalue weighted by Crippen LogP contribution is 2.43. The van der Waals surface area contributed by atoms with E-state index in [0.717, 1.165) is 69.0 Å². The first-order valence-corrected chi connectivity index (χ1v) is 13.9. The number of nitrogens with zero attached hydrogens (tertiary/aromatic N) is 4. The molecule has 4 N–H and O–H groups in total. The van der Waals surface area contributed by atoms with Crippen LogP contribution < -0.4 is 15.5 Å². The number of aromatic amines is 1. The summed E-state index contributed by atoms with van der Waals surface area (Å²) in [5.74, 6) is 0.566. The highest BCUT2D eigenvalue weighted by Gasteiger charge is 2.35. The fraction of sp³-hybridized carbons (Fsp3) is 0.414. The summed E-state index contributed by atoms with van der Waals surface area (Å²) < 4.78 is 5.94. The second kappa shape index (κ2) is 15.2. The molecule has 0 spiro atoms. The van der Waals surface area contributed by atoms with Crippen LogP contribution in [-0.2, 0) is 0 Å². The number of hydrogen-bond donors (Lipinski definition) is 4. The van der Waals surface area contributed by atoms with Crippen LogP contribution in [0.3, 0.4) is 0 Å². The van der Waals surface area contributed by atoms with Gasteiger partial charge in [-0.05, 0) is 56.8 Å². The van der Waals surface area contributed by atoms with Crippen LogP contribution in [0.2, 0.25) is 0 Å². The summed E-state index contributed by atoms with van der Waals surface area (Å²) in [4.78, 5) is 30.9. The normalized spacial score (nSPS) is 18.1. The van der Waals surface area contributed by atoms with Gasteiger partial charge in [0.2, 0.25) is 0 Å². The van der Waals surface area contributed by atoms with Crippen LogP contribution in [0.5, 0.6) is 5.75 Å². The van der Waals surface area contributed by atoms with Crippen molar-refractivity contribution in [3.8, 4) is 28.3 Å². The zero-order valence-corrected chi connectivity index (χ0v) is 26.3. The number of aliphatic hydroxyl groups is 1. The van der Waals surface area contributed by atoms with E-state index in [1.54, 1.807) is 6.07 Å². The summed E-state index contributed by atoms with van der Waals surface area (Å²) in [7, 11) is 2.06. The van der Waals surface area contributed by atoms with E-state index in [4.69, 9.17) is 4.74 Å². The number of nitrogens with one attached hydrogen (secondary N) is 3. The largest absolute Gasteiger partial charge is 0.492 e. The standard InChI is InChI=1S/C29H35N7O4.3ClH/c1-34-12-14-36(15-13-34)33-29(39)30-23-6-2-5-22-24(23)28(38)25-26(31-32-27(22)25)19-7-9-21(10-8-19)40-17-16-35-11-3-4-20(35)18-37;;;/h2,5-10,20,37H,3-4,11-18H2,1H3,(H,31,32)(H2,30,33,39);3*1H. The number of halogens is 3. The third-order valence-electron chi connectivity index (χ3n) is 8.05. The summed E-state index contributed by atoms with van der Waals surface area (Å²) in [6, 6.07) is 12.9. The maximum Gasteiger partial charge on any atom is 0.333 e. The summed E-state index contributed by atoms with van der Waals surface area (Å²) >= 11 is 0. The predicted octanol–water partition coefficient (Wildman–Crippen LogP) is 3.67. The SMILES string of the molecule is CN1CCN(NC(=O)Nc2cccc3c2C(=O)c2c(-c4ccc(OCCN5CCCC5CO)cc4)n[nH]c2-3)CC1.Cl.Cl.Cl. The van der Waals surface area contributed by atoms with Crippen LogP contribution in [0.25, 0.3) is 22.5 Å². The molecule has 1 aromatic heterocycles. The van der Waals surface area contributed by atoms with Crippen molar-refractivity contribution in [3.05, 3.63) is 53.6 Å². The molecule has 0 saturated carbocycles. The van der Waals surface area contributed by atoms with E-state index in [1.807, 2.05) is 41.4 Å². The van der Waals surface area contributed by atoms with Crippen LogP contribution in [0.15, 0.2) is 42.5 Å². The van der Waals surface area contributed by atoms with Crippen molar-refractivity contribution in [1.29, 1.82) is 0 Å². The summed E-state index contributed by atoms with van der Waals surface area (Å²) in [5.41, 5.74) is 7.06. The number of anilines is 1. The minimum atomic E-state index is -0.369. The average molecular weight is 655 g/mol. The molecule has 234 valence electrons. The highest BCUT2D eigenvalue weighted by molar-refractivity contribution is 6.26. The van der Waals surface area contributed by atoms with E-state index in [-0.39, 0.29) is 61.7 Å². The number of fused-ring (bicyclic) bond motifs is 3. The number of hydrogen-bond acceptors (Lipinski definition) is 8. The van der Waals surface area contributed by atoms with Crippen molar-refractivity contribution in [1.82, 2.24) is 30.4 Å². The number of H-pyrrole nitrogens is 1. The Morgan fingerprint density at radius 2 is 1.79 bits per heavy atom.